The minimum absolute atomic E-state index is 0.0465. The molecule has 1 aromatic rings. The molecule has 0 bridgehead atoms. The van der Waals surface area contributed by atoms with Crippen LogP contribution in [-0.4, -0.2) is 29.8 Å². The van der Waals surface area contributed by atoms with Crippen molar-refractivity contribution in [3.05, 3.63) is 28.3 Å². The zero-order valence-corrected chi connectivity index (χ0v) is 12.7. The van der Waals surface area contributed by atoms with Crippen molar-refractivity contribution >= 4 is 11.4 Å². The predicted octanol–water partition coefficient (Wildman–Crippen LogP) is 3.36. The first-order valence-corrected chi connectivity index (χ1v) is 7.23. The number of nitro benzene ring substituents is 1. The molecule has 0 radical (unpaired) electrons. The van der Waals surface area contributed by atoms with Gasteiger partial charge in [0.05, 0.1) is 23.2 Å². The second-order valence-electron chi connectivity index (χ2n) is 5.81. The molecule has 6 heteroatoms. The predicted molar refractivity (Wildman–Crippen MR) is 80.9 cm³/mol. The molecule has 2 rings (SSSR count). The Balaban J connectivity index is 2.17. The molecule has 1 saturated heterocycles. The standard InChI is InChI=1S/C15H22N2O4/c1-4-20-12-5-6-13(14(9-12)17(18)19)16-11-7-8-21-15(2,3)10-11/h5-6,9,11,16H,4,7-8,10H2,1-3H3. The van der Waals surface area contributed by atoms with Gasteiger partial charge in [0.2, 0.25) is 0 Å². The van der Waals surface area contributed by atoms with Crippen molar-refractivity contribution in [3.8, 4) is 5.75 Å². The molecular weight excluding hydrogens is 272 g/mol. The molecule has 1 aromatic carbocycles. The molecule has 0 spiro atoms. The van der Waals surface area contributed by atoms with Gasteiger partial charge in [-0.05, 0) is 45.7 Å². The second kappa shape index (κ2) is 6.30. The minimum Gasteiger partial charge on any atom is -0.494 e. The van der Waals surface area contributed by atoms with Crippen LogP contribution < -0.4 is 10.1 Å². The molecule has 0 aliphatic carbocycles. The van der Waals surface area contributed by atoms with E-state index >= 15 is 0 Å². The Morgan fingerprint density at radius 1 is 1.52 bits per heavy atom. The third-order valence-corrected chi connectivity index (χ3v) is 3.53. The first kappa shape index (κ1) is 15.6. The van der Waals surface area contributed by atoms with Gasteiger partial charge in [0.15, 0.2) is 0 Å². The van der Waals surface area contributed by atoms with Crippen LogP contribution in [0.3, 0.4) is 0 Å². The van der Waals surface area contributed by atoms with E-state index in [0.29, 0.717) is 24.7 Å². The molecule has 1 unspecified atom stereocenters. The Kier molecular flexibility index (Phi) is 4.67. The van der Waals surface area contributed by atoms with Crippen LogP contribution >= 0.6 is 0 Å². The topological polar surface area (TPSA) is 73.6 Å². The summed E-state index contributed by atoms with van der Waals surface area (Å²) in [6.07, 6.45) is 1.66. The van der Waals surface area contributed by atoms with Crippen LogP contribution in [0.5, 0.6) is 5.75 Å². The number of anilines is 1. The zero-order valence-electron chi connectivity index (χ0n) is 12.7. The molecule has 1 fully saturated rings. The maximum Gasteiger partial charge on any atom is 0.296 e. The SMILES string of the molecule is CCOc1ccc(NC2CCOC(C)(C)C2)c([N+](=O)[O-])c1. The van der Waals surface area contributed by atoms with Crippen molar-refractivity contribution in [2.24, 2.45) is 0 Å². The molecule has 1 heterocycles. The van der Waals surface area contributed by atoms with Crippen molar-refractivity contribution in [3.63, 3.8) is 0 Å². The number of ether oxygens (including phenoxy) is 2. The molecule has 1 aliphatic rings. The highest BCUT2D eigenvalue weighted by atomic mass is 16.6. The Labute approximate surface area is 124 Å². The van der Waals surface area contributed by atoms with E-state index in [9.17, 15) is 10.1 Å². The Morgan fingerprint density at radius 3 is 2.90 bits per heavy atom. The van der Waals surface area contributed by atoms with E-state index in [1.807, 2.05) is 20.8 Å². The summed E-state index contributed by atoms with van der Waals surface area (Å²) in [6.45, 7) is 7.07. The fourth-order valence-electron chi connectivity index (χ4n) is 2.62. The van der Waals surface area contributed by atoms with Gasteiger partial charge in [0.25, 0.3) is 5.69 Å². The van der Waals surface area contributed by atoms with Gasteiger partial charge in [-0.15, -0.1) is 0 Å². The van der Waals surface area contributed by atoms with Crippen LogP contribution in [0.1, 0.15) is 33.6 Å². The van der Waals surface area contributed by atoms with E-state index in [1.54, 1.807) is 12.1 Å². The number of hydrogen-bond donors (Lipinski definition) is 1. The summed E-state index contributed by atoms with van der Waals surface area (Å²) in [5, 5.41) is 14.5. The highest BCUT2D eigenvalue weighted by Crippen LogP contribution is 2.32. The average Bonchev–Trinajstić information content (AvgIpc) is 2.39. The number of rotatable bonds is 5. The summed E-state index contributed by atoms with van der Waals surface area (Å²) in [5.74, 6) is 0.516. The second-order valence-corrected chi connectivity index (χ2v) is 5.81. The first-order valence-electron chi connectivity index (χ1n) is 7.23. The molecule has 0 aromatic heterocycles. The summed E-state index contributed by atoms with van der Waals surface area (Å²) in [5.41, 5.74) is 0.382. The van der Waals surface area contributed by atoms with Crippen LogP contribution in [0.2, 0.25) is 0 Å². The van der Waals surface area contributed by atoms with E-state index in [2.05, 4.69) is 5.32 Å². The van der Waals surface area contributed by atoms with Crippen molar-refractivity contribution in [2.45, 2.75) is 45.3 Å². The lowest BCUT2D eigenvalue weighted by atomic mass is 9.93. The Morgan fingerprint density at radius 2 is 2.29 bits per heavy atom. The monoisotopic (exact) mass is 294 g/mol. The van der Waals surface area contributed by atoms with E-state index < -0.39 is 0 Å². The third-order valence-electron chi connectivity index (χ3n) is 3.53. The molecule has 1 atom stereocenters. The zero-order chi connectivity index (χ0) is 15.5. The van der Waals surface area contributed by atoms with Crippen LogP contribution in [0.4, 0.5) is 11.4 Å². The van der Waals surface area contributed by atoms with Crippen LogP contribution in [0.25, 0.3) is 0 Å². The number of benzene rings is 1. The summed E-state index contributed by atoms with van der Waals surface area (Å²) >= 11 is 0. The average molecular weight is 294 g/mol. The van der Waals surface area contributed by atoms with Crippen LogP contribution in [-0.2, 0) is 4.74 Å². The fraction of sp³-hybridized carbons (Fsp3) is 0.600. The van der Waals surface area contributed by atoms with E-state index in [0.717, 1.165) is 12.8 Å². The van der Waals surface area contributed by atoms with Crippen molar-refractivity contribution in [2.75, 3.05) is 18.5 Å². The Bertz CT molecular complexity index is 516. The smallest absolute Gasteiger partial charge is 0.296 e. The maximum absolute atomic E-state index is 11.2. The van der Waals surface area contributed by atoms with E-state index in [-0.39, 0.29) is 22.3 Å². The van der Waals surface area contributed by atoms with Gasteiger partial charge in [0.1, 0.15) is 11.4 Å². The Hall–Kier alpha value is -1.82. The molecule has 1 aliphatic heterocycles. The lowest BCUT2D eigenvalue weighted by Gasteiger charge is -2.36. The highest BCUT2D eigenvalue weighted by Gasteiger charge is 2.30. The van der Waals surface area contributed by atoms with E-state index in [4.69, 9.17) is 9.47 Å². The number of nitro groups is 1. The molecule has 6 nitrogen and oxygen atoms in total. The number of nitrogens with one attached hydrogen (secondary N) is 1. The molecule has 0 saturated carbocycles. The third kappa shape index (κ3) is 4.07. The van der Waals surface area contributed by atoms with Gasteiger partial charge in [-0.1, -0.05) is 0 Å². The normalized spacial score (nSPS) is 20.8. The van der Waals surface area contributed by atoms with Gasteiger partial charge in [-0.25, -0.2) is 0 Å². The lowest BCUT2D eigenvalue weighted by Crippen LogP contribution is -2.40. The quantitative estimate of drug-likeness (QED) is 0.666. The summed E-state index contributed by atoms with van der Waals surface area (Å²) in [7, 11) is 0. The van der Waals surface area contributed by atoms with Crippen LogP contribution in [0.15, 0.2) is 18.2 Å². The van der Waals surface area contributed by atoms with Crippen molar-refractivity contribution < 1.29 is 14.4 Å². The molecular formula is C15H22N2O4. The van der Waals surface area contributed by atoms with Gasteiger partial charge in [0, 0.05) is 12.6 Å². The maximum atomic E-state index is 11.2. The summed E-state index contributed by atoms with van der Waals surface area (Å²) < 4.78 is 11.0. The largest absolute Gasteiger partial charge is 0.494 e. The first-order chi connectivity index (χ1) is 9.91. The van der Waals surface area contributed by atoms with Gasteiger partial charge in [-0.2, -0.15) is 0 Å². The number of nitrogens with zero attached hydrogens (tertiary/aromatic N) is 1. The fourth-order valence-corrected chi connectivity index (χ4v) is 2.62. The van der Waals surface area contributed by atoms with Gasteiger partial charge >= 0.3 is 0 Å². The van der Waals surface area contributed by atoms with Crippen LogP contribution in [0, 0.1) is 10.1 Å². The highest BCUT2D eigenvalue weighted by molar-refractivity contribution is 5.64. The molecule has 116 valence electrons. The van der Waals surface area contributed by atoms with E-state index in [1.165, 1.54) is 6.07 Å². The number of hydrogen-bond acceptors (Lipinski definition) is 5. The van der Waals surface area contributed by atoms with Crippen molar-refractivity contribution in [1.82, 2.24) is 0 Å². The summed E-state index contributed by atoms with van der Waals surface area (Å²) in [6, 6.07) is 5.11. The minimum atomic E-state index is -0.380. The molecule has 0 amide bonds. The summed E-state index contributed by atoms with van der Waals surface area (Å²) in [4.78, 5) is 10.9. The van der Waals surface area contributed by atoms with Gasteiger partial charge in [-0.3, -0.25) is 10.1 Å². The lowest BCUT2D eigenvalue weighted by molar-refractivity contribution is -0.384. The molecule has 1 N–H and O–H groups in total. The van der Waals surface area contributed by atoms with Gasteiger partial charge < -0.3 is 14.8 Å². The van der Waals surface area contributed by atoms with Crippen molar-refractivity contribution in [1.29, 1.82) is 0 Å². The molecule has 21 heavy (non-hydrogen) atoms.